The van der Waals surface area contributed by atoms with Crippen molar-refractivity contribution in [3.63, 3.8) is 0 Å². The largest absolute Gasteiger partial charge is 0.377 e. The summed E-state index contributed by atoms with van der Waals surface area (Å²) in [7, 11) is -1.65. The summed E-state index contributed by atoms with van der Waals surface area (Å²) in [6, 6.07) is 7.05. The number of nitrogens with one attached hydrogen (secondary N) is 2. The van der Waals surface area contributed by atoms with Crippen LogP contribution in [0.3, 0.4) is 0 Å². The first-order chi connectivity index (χ1) is 9.40. The SMILES string of the molecule is CCOC(C)CNS(=O)(=O)c1cccc(C(C)NC)c1. The summed E-state index contributed by atoms with van der Waals surface area (Å²) in [5.41, 5.74) is 0.938. The van der Waals surface area contributed by atoms with E-state index in [1.165, 1.54) is 0 Å². The van der Waals surface area contributed by atoms with Crippen LogP contribution in [-0.2, 0) is 14.8 Å². The summed E-state index contributed by atoms with van der Waals surface area (Å²) in [4.78, 5) is 0.279. The molecule has 0 bridgehead atoms. The van der Waals surface area contributed by atoms with E-state index in [0.717, 1.165) is 5.56 Å². The van der Waals surface area contributed by atoms with Gasteiger partial charge in [-0.05, 0) is 45.5 Å². The van der Waals surface area contributed by atoms with Gasteiger partial charge in [-0.15, -0.1) is 0 Å². The monoisotopic (exact) mass is 300 g/mol. The van der Waals surface area contributed by atoms with Crippen molar-refractivity contribution < 1.29 is 13.2 Å². The molecule has 1 aromatic rings. The number of benzene rings is 1. The maximum Gasteiger partial charge on any atom is 0.240 e. The van der Waals surface area contributed by atoms with Crippen molar-refractivity contribution in [2.24, 2.45) is 0 Å². The summed E-state index contributed by atoms with van der Waals surface area (Å²) in [6.45, 7) is 6.54. The first-order valence-electron chi connectivity index (χ1n) is 6.79. The Kier molecular flexibility index (Phi) is 6.61. The third kappa shape index (κ3) is 4.86. The molecule has 0 aliphatic heterocycles. The van der Waals surface area contributed by atoms with Crippen LogP contribution in [0.1, 0.15) is 32.4 Å². The minimum Gasteiger partial charge on any atom is -0.377 e. The Morgan fingerprint density at radius 2 is 2.00 bits per heavy atom. The topological polar surface area (TPSA) is 67.4 Å². The van der Waals surface area contributed by atoms with Crippen LogP contribution in [0.2, 0.25) is 0 Å². The average molecular weight is 300 g/mol. The van der Waals surface area contributed by atoms with Gasteiger partial charge in [-0.1, -0.05) is 12.1 Å². The second-order valence-corrected chi connectivity index (χ2v) is 6.47. The van der Waals surface area contributed by atoms with Crippen molar-refractivity contribution >= 4 is 10.0 Å². The molecule has 2 atom stereocenters. The van der Waals surface area contributed by atoms with E-state index in [-0.39, 0.29) is 23.6 Å². The number of sulfonamides is 1. The molecule has 6 heteroatoms. The van der Waals surface area contributed by atoms with Gasteiger partial charge in [0.25, 0.3) is 0 Å². The molecule has 0 saturated heterocycles. The van der Waals surface area contributed by atoms with Gasteiger partial charge in [-0.3, -0.25) is 0 Å². The van der Waals surface area contributed by atoms with E-state index in [4.69, 9.17) is 4.74 Å². The van der Waals surface area contributed by atoms with Crippen LogP contribution < -0.4 is 10.0 Å². The number of hydrogen-bond donors (Lipinski definition) is 2. The molecule has 2 unspecified atom stereocenters. The predicted octanol–water partition coefficient (Wildman–Crippen LogP) is 1.67. The zero-order valence-corrected chi connectivity index (χ0v) is 13.3. The molecule has 0 spiro atoms. The fourth-order valence-electron chi connectivity index (χ4n) is 1.77. The van der Waals surface area contributed by atoms with Crippen molar-refractivity contribution in [2.75, 3.05) is 20.2 Å². The molecule has 0 aliphatic carbocycles. The summed E-state index contributed by atoms with van der Waals surface area (Å²) in [6.07, 6.45) is -0.144. The number of hydrogen-bond acceptors (Lipinski definition) is 4. The van der Waals surface area contributed by atoms with Crippen molar-refractivity contribution in [3.8, 4) is 0 Å². The van der Waals surface area contributed by atoms with Crippen LogP contribution in [0.5, 0.6) is 0 Å². The van der Waals surface area contributed by atoms with Gasteiger partial charge in [-0.25, -0.2) is 13.1 Å². The summed E-state index contributed by atoms with van der Waals surface area (Å²) < 4.78 is 32.3. The van der Waals surface area contributed by atoms with Gasteiger partial charge in [0.1, 0.15) is 0 Å². The van der Waals surface area contributed by atoms with Crippen LogP contribution in [-0.4, -0.2) is 34.7 Å². The van der Waals surface area contributed by atoms with Crippen LogP contribution in [0.4, 0.5) is 0 Å². The zero-order valence-electron chi connectivity index (χ0n) is 12.5. The van der Waals surface area contributed by atoms with Crippen molar-refractivity contribution in [1.29, 1.82) is 0 Å². The summed E-state index contributed by atoms with van der Waals surface area (Å²) in [5, 5.41) is 3.09. The lowest BCUT2D eigenvalue weighted by Crippen LogP contribution is -2.32. The average Bonchev–Trinajstić information content (AvgIpc) is 2.45. The summed E-state index contributed by atoms with van der Waals surface area (Å²) in [5.74, 6) is 0. The van der Waals surface area contributed by atoms with E-state index in [0.29, 0.717) is 6.61 Å². The lowest BCUT2D eigenvalue weighted by Gasteiger charge is -2.15. The third-order valence-corrected chi connectivity index (χ3v) is 4.53. The minimum atomic E-state index is -3.50. The third-order valence-electron chi connectivity index (χ3n) is 3.11. The normalized spacial score (nSPS) is 15.0. The van der Waals surface area contributed by atoms with Crippen molar-refractivity contribution in [1.82, 2.24) is 10.0 Å². The maximum absolute atomic E-state index is 12.2. The second kappa shape index (κ2) is 7.73. The van der Waals surface area contributed by atoms with E-state index < -0.39 is 10.0 Å². The zero-order chi connectivity index (χ0) is 15.2. The quantitative estimate of drug-likeness (QED) is 0.766. The van der Waals surface area contributed by atoms with Crippen molar-refractivity contribution in [3.05, 3.63) is 29.8 Å². The molecule has 0 aliphatic rings. The van der Waals surface area contributed by atoms with Gasteiger partial charge in [0.15, 0.2) is 0 Å². The van der Waals surface area contributed by atoms with E-state index in [2.05, 4.69) is 10.0 Å². The molecule has 5 nitrogen and oxygen atoms in total. The molecule has 0 radical (unpaired) electrons. The predicted molar refractivity (Wildman–Crippen MR) is 80.2 cm³/mol. The van der Waals surface area contributed by atoms with Gasteiger partial charge in [0, 0.05) is 19.2 Å². The molecular formula is C14H24N2O3S. The molecule has 0 heterocycles. The highest BCUT2D eigenvalue weighted by atomic mass is 32.2. The summed E-state index contributed by atoms with van der Waals surface area (Å²) >= 11 is 0. The van der Waals surface area contributed by atoms with E-state index in [9.17, 15) is 8.42 Å². The van der Waals surface area contributed by atoms with E-state index in [1.54, 1.807) is 18.2 Å². The van der Waals surface area contributed by atoms with Gasteiger partial charge in [0.2, 0.25) is 10.0 Å². The number of rotatable bonds is 8. The molecule has 114 valence electrons. The molecule has 1 aromatic carbocycles. The van der Waals surface area contributed by atoms with Gasteiger partial charge in [0.05, 0.1) is 11.0 Å². The smallest absolute Gasteiger partial charge is 0.240 e. The van der Waals surface area contributed by atoms with Crippen LogP contribution >= 0.6 is 0 Å². The first-order valence-corrected chi connectivity index (χ1v) is 8.27. The fraction of sp³-hybridized carbons (Fsp3) is 0.571. The Morgan fingerprint density at radius 3 is 2.60 bits per heavy atom. The molecule has 20 heavy (non-hydrogen) atoms. The van der Waals surface area contributed by atoms with Crippen molar-refractivity contribution in [2.45, 2.75) is 37.8 Å². The Hall–Kier alpha value is -0.950. The fourth-order valence-corrected chi connectivity index (χ4v) is 2.94. The lowest BCUT2D eigenvalue weighted by atomic mass is 10.1. The van der Waals surface area contributed by atoms with Crippen LogP contribution in [0.15, 0.2) is 29.2 Å². The van der Waals surface area contributed by atoms with E-state index in [1.807, 2.05) is 33.9 Å². The van der Waals surface area contributed by atoms with E-state index >= 15 is 0 Å². The minimum absolute atomic E-state index is 0.104. The molecule has 0 aromatic heterocycles. The highest BCUT2D eigenvalue weighted by molar-refractivity contribution is 7.89. The van der Waals surface area contributed by atoms with Gasteiger partial charge < -0.3 is 10.1 Å². The molecule has 1 rings (SSSR count). The Labute approximate surface area is 121 Å². The Balaban J connectivity index is 2.82. The van der Waals surface area contributed by atoms with Crippen LogP contribution in [0.25, 0.3) is 0 Å². The van der Waals surface area contributed by atoms with Gasteiger partial charge >= 0.3 is 0 Å². The van der Waals surface area contributed by atoms with Gasteiger partial charge in [-0.2, -0.15) is 0 Å². The highest BCUT2D eigenvalue weighted by Crippen LogP contribution is 2.17. The Morgan fingerprint density at radius 1 is 1.30 bits per heavy atom. The van der Waals surface area contributed by atoms with Crippen LogP contribution in [0, 0.1) is 0 Å². The molecule has 0 fully saturated rings. The maximum atomic E-state index is 12.2. The molecule has 0 amide bonds. The highest BCUT2D eigenvalue weighted by Gasteiger charge is 2.16. The molecular weight excluding hydrogens is 276 g/mol. The standard InChI is InChI=1S/C14H24N2O3S/c1-5-19-11(2)10-16-20(17,18)14-8-6-7-13(9-14)12(3)15-4/h6-9,11-12,15-16H,5,10H2,1-4H3. The molecule has 2 N–H and O–H groups in total. The molecule has 0 saturated carbocycles. The first kappa shape index (κ1) is 17.1. The number of ether oxygens (including phenoxy) is 1. The Bertz CT molecular complexity index is 517. The second-order valence-electron chi connectivity index (χ2n) is 4.70. The lowest BCUT2D eigenvalue weighted by molar-refractivity contribution is 0.0799.